The number of aliphatic imine (C=N–C) groups is 1. The van der Waals surface area contributed by atoms with Gasteiger partial charge in [-0.25, -0.2) is 0 Å². The van der Waals surface area contributed by atoms with E-state index in [0.29, 0.717) is 13.0 Å². The van der Waals surface area contributed by atoms with Crippen LogP contribution in [0.1, 0.15) is 32.6 Å². The van der Waals surface area contributed by atoms with E-state index in [4.69, 9.17) is 4.74 Å². The van der Waals surface area contributed by atoms with Crippen molar-refractivity contribution >= 4 is 22.8 Å². The minimum Gasteiger partial charge on any atom is -0.466 e. The number of nitrogens with zero attached hydrogens (tertiary/aromatic N) is 1. The number of hydrogen-bond acceptors (Lipinski definition) is 4. The fourth-order valence-electron chi connectivity index (χ4n) is 1.27. The number of carbonyl (C=O) groups is 1. The Morgan fingerprint density at radius 1 is 1.57 bits per heavy atom. The fourth-order valence-corrected chi connectivity index (χ4v) is 2.25. The van der Waals surface area contributed by atoms with Crippen molar-refractivity contribution in [1.29, 1.82) is 0 Å². The standard InChI is InChI=1S/C10H17NO2S/c1-2-13-10(12)6-8-14-9-5-3-4-7-11-9/h2-8H2,1H3. The van der Waals surface area contributed by atoms with Crippen LogP contribution in [-0.4, -0.2) is 29.9 Å². The van der Waals surface area contributed by atoms with Gasteiger partial charge in [-0.3, -0.25) is 9.79 Å². The summed E-state index contributed by atoms with van der Waals surface area (Å²) in [7, 11) is 0. The molecule has 1 aliphatic rings. The summed E-state index contributed by atoms with van der Waals surface area (Å²) < 4.78 is 4.84. The molecule has 0 aromatic rings. The SMILES string of the molecule is CCOC(=O)CCSC1=NCCCC1. The van der Waals surface area contributed by atoms with Crippen molar-refractivity contribution in [2.24, 2.45) is 4.99 Å². The predicted octanol–water partition coefficient (Wildman–Crippen LogP) is 2.26. The van der Waals surface area contributed by atoms with E-state index in [1.54, 1.807) is 11.8 Å². The first-order valence-electron chi connectivity index (χ1n) is 5.14. The highest BCUT2D eigenvalue weighted by Gasteiger charge is 2.07. The molecular weight excluding hydrogens is 198 g/mol. The Balaban J connectivity index is 2.08. The summed E-state index contributed by atoms with van der Waals surface area (Å²) >= 11 is 1.70. The van der Waals surface area contributed by atoms with Crippen LogP contribution in [-0.2, 0) is 9.53 Å². The van der Waals surface area contributed by atoms with Crippen LogP contribution in [0, 0.1) is 0 Å². The number of ether oxygens (including phenoxy) is 1. The normalized spacial score (nSPS) is 16.2. The van der Waals surface area contributed by atoms with E-state index in [0.717, 1.165) is 18.7 Å². The van der Waals surface area contributed by atoms with Crippen LogP contribution >= 0.6 is 11.8 Å². The maximum atomic E-state index is 11.0. The highest BCUT2D eigenvalue weighted by Crippen LogP contribution is 2.16. The smallest absolute Gasteiger partial charge is 0.306 e. The quantitative estimate of drug-likeness (QED) is 0.675. The van der Waals surface area contributed by atoms with Crippen LogP contribution in [0.3, 0.4) is 0 Å². The van der Waals surface area contributed by atoms with Gasteiger partial charge in [0.2, 0.25) is 0 Å². The number of rotatable bonds is 4. The molecule has 0 aromatic carbocycles. The molecule has 0 aromatic heterocycles. The molecule has 0 amide bonds. The minimum absolute atomic E-state index is 0.101. The first-order valence-corrected chi connectivity index (χ1v) is 6.13. The van der Waals surface area contributed by atoms with Crippen LogP contribution in [0.25, 0.3) is 0 Å². The zero-order valence-electron chi connectivity index (χ0n) is 8.62. The highest BCUT2D eigenvalue weighted by molar-refractivity contribution is 8.13. The highest BCUT2D eigenvalue weighted by atomic mass is 32.2. The largest absolute Gasteiger partial charge is 0.466 e. The molecule has 0 N–H and O–H groups in total. The monoisotopic (exact) mass is 215 g/mol. The van der Waals surface area contributed by atoms with Gasteiger partial charge in [0.1, 0.15) is 0 Å². The van der Waals surface area contributed by atoms with Gasteiger partial charge >= 0.3 is 5.97 Å². The van der Waals surface area contributed by atoms with Gasteiger partial charge < -0.3 is 4.74 Å². The summed E-state index contributed by atoms with van der Waals surface area (Å²) in [5.74, 6) is 0.703. The third-order valence-corrected chi connectivity index (χ3v) is 3.04. The summed E-state index contributed by atoms with van der Waals surface area (Å²) in [5, 5.41) is 1.21. The topological polar surface area (TPSA) is 38.7 Å². The van der Waals surface area contributed by atoms with Crippen LogP contribution in [0.5, 0.6) is 0 Å². The molecule has 0 unspecified atom stereocenters. The first kappa shape index (κ1) is 11.6. The van der Waals surface area contributed by atoms with Gasteiger partial charge in [0.05, 0.1) is 18.1 Å². The maximum absolute atomic E-state index is 11.0. The van der Waals surface area contributed by atoms with E-state index in [1.165, 1.54) is 17.9 Å². The molecule has 0 atom stereocenters. The molecular formula is C10H17NO2S. The van der Waals surface area contributed by atoms with E-state index in [9.17, 15) is 4.79 Å². The third kappa shape index (κ3) is 4.65. The summed E-state index contributed by atoms with van der Waals surface area (Å²) in [5.41, 5.74) is 0. The van der Waals surface area contributed by atoms with Crippen molar-refractivity contribution in [3.8, 4) is 0 Å². The number of carbonyl (C=O) groups excluding carboxylic acids is 1. The molecule has 4 heteroatoms. The average Bonchev–Trinajstić information content (AvgIpc) is 2.20. The third-order valence-electron chi connectivity index (χ3n) is 1.97. The van der Waals surface area contributed by atoms with E-state index in [-0.39, 0.29) is 5.97 Å². The van der Waals surface area contributed by atoms with Gasteiger partial charge in [-0.1, -0.05) is 0 Å². The first-order chi connectivity index (χ1) is 6.83. The molecule has 0 fully saturated rings. The average molecular weight is 215 g/mol. The zero-order valence-corrected chi connectivity index (χ0v) is 9.44. The second kappa shape index (κ2) is 6.87. The molecule has 14 heavy (non-hydrogen) atoms. The lowest BCUT2D eigenvalue weighted by atomic mass is 10.2. The van der Waals surface area contributed by atoms with E-state index < -0.39 is 0 Å². The summed E-state index contributed by atoms with van der Waals surface area (Å²) in [6.45, 7) is 3.27. The second-order valence-corrected chi connectivity index (χ2v) is 4.30. The predicted molar refractivity (Wildman–Crippen MR) is 59.9 cm³/mol. The van der Waals surface area contributed by atoms with Gasteiger partial charge in [0, 0.05) is 12.3 Å². The van der Waals surface area contributed by atoms with Crippen LogP contribution in [0.4, 0.5) is 0 Å². The molecule has 1 aliphatic heterocycles. The molecule has 1 heterocycles. The number of thioether (sulfide) groups is 1. The van der Waals surface area contributed by atoms with Crippen LogP contribution in [0.15, 0.2) is 4.99 Å². The number of hydrogen-bond donors (Lipinski definition) is 0. The minimum atomic E-state index is -0.101. The van der Waals surface area contributed by atoms with Crippen molar-refractivity contribution in [3.05, 3.63) is 0 Å². The van der Waals surface area contributed by atoms with Crippen molar-refractivity contribution in [2.75, 3.05) is 18.9 Å². The molecule has 3 nitrogen and oxygen atoms in total. The van der Waals surface area contributed by atoms with Crippen LogP contribution < -0.4 is 0 Å². The lowest BCUT2D eigenvalue weighted by Gasteiger charge is -2.10. The summed E-state index contributed by atoms with van der Waals surface area (Å²) in [4.78, 5) is 15.4. The van der Waals surface area contributed by atoms with E-state index in [1.807, 2.05) is 6.92 Å². The van der Waals surface area contributed by atoms with Gasteiger partial charge in [0.15, 0.2) is 0 Å². The number of esters is 1. The van der Waals surface area contributed by atoms with Crippen molar-refractivity contribution in [2.45, 2.75) is 32.6 Å². The van der Waals surface area contributed by atoms with Crippen molar-refractivity contribution in [1.82, 2.24) is 0 Å². The van der Waals surface area contributed by atoms with Gasteiger partial charge in [0.25, 0.3) is 0 Å². The van der Waals surface area contributed by atoms with Crippen LogP contribution in [0.2, 0.25) is 0 Å². The molecule has 0 spiro atoms. The Labute approximate surface area is 89.3 Å². The van der Waals surface area contributed by atoms with Crippen molar-refractivity contribution in [3.63, 3.8) is 0 Å². The maximum Gasteiger partial charge on any atom is 0.306 e. The van der Waals surface area contributed by atoms with Gasteiger partial charge in [-0.15, -0.1) is 11.8 Å². The molecule has 0 radical (unpaired) electrons. The second-order valence-electron chi connectivity index (χ2n) is 3.14. The summed E-state index contributed by atoms with van der Waals surface area (Å²) in [6.07, 6.45) is 4.04. The van der Waals surface area contributed by atoms with E-state index >= 15 is 0 Å². The lowest BCUT2D eigenvalue weighted by molar-refractivity contribution is -0.142. The van der Waals surface area contributed by atoms with Gasteiger partial charge in [-0.2, -0.15) is 0 Å². The Bertz CT molecular complexity index is 216. The Hall–Kier alpha value is -0.510. The molecule has 0 saturated carbocycles. The molecule has 1 rings (SSSR count). The van der Waals surface area contributed by atoms with E-state index in [2.05, 4.69) is 4.99 Å². The Morgan fingerprint density at radius 3 is 3.07 bits per heavy atom. The zero-order chi connectivity index (χ0) is 10.2. The Morgan fingerprint density at radius 2 is 2.43 bits per heavy atom. The molecule has 0 saturated heterocycles. The molecule has 80 valence electrons. The molecule has 0 bridgehead atoms. The van der Waals surface area contributed by atoms with Gasteiger partial charge in [-0.05, 0) is 26.2 Å². The fraction of sp³-hybridized carbons (Fsp3) is 0.800. The summed E-state index contributed by atoms with van der Waals surface area (Å²) in [6, 6.07) is 0. The Kier molecular flexibility index (Phi) is 5.68. The lowest BCUT2D eigenvalue weighted by Crippen LogP contribution is -2.07. The molecule has 0 aliphatic carbocycles. The van der Waals surface area contributed by atoms with Crippen molar-refractivity contribution < 1.29 is 9.53 Å².